The molecule has 4 aromatic carbocycles. The first-order valence-corrected chi connectivity index (χ1v) is 13.9. The van der Waals surface area contributed by atoms with Crippen molar-refractivity contribution >= 4 is 5.91 Å². The fraction of sp³-hybridized carbons (Fsp3) is 0.242. The van der Waals surface area contributed by atoms with Gasteiger partial charge in [-0.15, -0.1) is 0 Å². The second kappa shape index (κ2) is 14.1. The van der Waals surface area contributed by atoms with Gasteiger partial charge in [0, 0.05) is 18.1 Å². The van der Waals surface area contributed by atoms with E-state index in [1.807, 2.05) is 0 Å². The van der Waals surface area contributed by atoms with Crippen molar-refractivity contribution in [1.82, 2.24) is 5.32 Å². The quantitative estimate of drug-likeness (QED) is 0.148. The minimum atomic E-state index is -5.22. The Morgan fingerprint density at radius 2 is 1.50 bits per heavy atom. The maximum atomic E-state index is 15.1. The lowest BCUT2D eigenvalue weighted by Gasteiger charge is -2.37. The fourth-order valence-corrected chi connectivity index (χ4v) is 4.79. The van der Waals surface area contributed by atoms with Crippen LogP contribution < -0.4 is 14.8 Å². The minimum Gasteiger partial charge on any atom is -0.485 e. The van der Waals surface area contributed by atoms with Gasteiger partial charge in [0.1, 0.15) is 23.5 Å². The molecule has 2 N–H and O–H groups in total. The van der Waals surface area contributed by atoms with Crippen molar-refractivity contribution in [3.05, 3.63) is 130 Å². The molecule has 0 aliphatic heterocycles. The van der Waals surface area contributed by atoms with Crippen LogP contribution in [-0.4, -0.2) is 36.3 Å². The maximum absolute atomic E-state index is 15.1. The van der Waals surface area contributed by atoms with E-state index >= 15 is 4.39 Å². The number of benzene rings is 4. The van der Waals surface area contributed by atoms with Crippen molar-refractivity contribution < 1.29 is 63.3 Å². The predicted molar refractivity (Wildman–Crippen MR) is 151 cm³/mol. The zero-order valence-electron chi connectivity index (χ0n) is 24.6. The number of carbonyl (C=O) groups is 1. The Balaban J connectivity index is 2.02. The van der Waals surface area contributed by atoms with E-state index in [1.165, 1.54) is 19.1 Å². The number of aliphatic hydroxyl groups is 1. The second-order valence-corrected chi connectivity index (χ2v) is 10.6. The average molecular weight is 690 g/mol. The Morgan fingerprint density at radius 1 is 0.833 bits per heavy atom. The summed E-state index contributed by atoms with van der Waals surface area (Å²) in [6.07, 6.45) is -16.1. The van der Waals surface area contributed by atoms with Gasteiger partial charge in [0.25, 0.3) is 5.91 Å². The number of hydrogen-bond acceptors (Lipinski definition) is 4. The van der Waals surface area contributed by atoms with E-state index in [0.29, 0.717) is 29.8 Å². The second-order valence-electron chi connectivity index (χ2n) is 10.6. The Bertz CT molecular complexity index is 1750. The number of ether oxygens (including phenoxy) is 2. The monoisotopic (exact) mass is 689 g/mol. The molecule has 48 heavy (non-hydrogen) atoms. The van der Waals surface area contributed by atoms with Crippen LogP contribution in [-0.2, 0) is 18.1 Å². The number of amides is 1. The van der Waals surface area contributed by atoms with Gasteiger partial charge >= 0.3 is 18.7 Å². The first-order chi connectivity index (χ1) is 22.4. The third kappa shape index (κ3) is 8.19. The number of aliphatic hydroxyl groups excluding tert-OH is 1. The highest BCUT2D eigenvalue weighted by Crippen LogP contribution is 2.40. The van der Waals surface area contributed by atoms with E-state index in [4.69, 9.17) is 4.74 Å². The predicted octanol–water partition coefficient (Wildman–Crippen LogP) is 8.04. The van der Waals surface area contributed by atoms with Crippen LogP contribution in [0.25, 0.3) is 0 Å². The summed E-state index contributed by atoms with van der Waals surface area (Å²) in [5, 5.41) is 11.9. The number of alkyl halides is 7. The van der Waals surface area contributed by atoms with Gasteiger partial charge in [-0.1, -0.05) is 36.4 Å². The van der Waals surface area contributed by atoms with Gasteiger partial charge in [0.05, 0.1) is 17.7 Å². The molecule has 4 aromatic rings. The molecule has 0 heterocycles. The lowest BCUT2D eigenvalue weighted by Crippen LogP contribution is -2.49. The largest absolute Gasteiger partial charge is 0.485 e. The van der Waals surface area contributed by atoms with Crippen molar-refractivity contribution in [2.45, 2.75) is 43.7 Å². The van der Waals surface area contributed by atoms with E-state index in [-0.39, 0.29) is 11.6 Å². The third-order valence-corrected chi connectivity index (χ3v) is 7.05. The average Bonchev–Trinajstić information content (AvgIpc) is 3.01. The van der Waals surface area contributed by atoms with Crippen LogP contribution in [0.4, 0.5) is 43.9 Å². The number of nitrogens with one attached hydrogen (secondary N) is 1. The molecule has 1 amide bonds. The molecule has 0 aliphatic carbocycles. The van der Waals surface area contributed by atoms with Crippen molar-refractivity contribution in [3.63, 3.8) is 0 Å². The van der Waals surface area contributed by atoms with E-state index in [2.05, 4.69) is 10.1 Å². The highest BCUT2D eigenvalue weighted by atomic mass is 19.4. The summed E-state index contributed by atoms with van der Waals surface area (Å²) in [4.78, 5) is 13.8. The van der Waals surface area contributed by atoms with Gasteiger partial charge in [-0.3, -0.25) is 4.79 Å². The zero-order valence-corrected chi connectivity index (χ0v) is 24.6. The smallest absolute Gasteiger partial charge is 0.461 e. The molecule has 0 aliphatic rings. The Morgan fingerprint density at radius 3 is 2.12 bits per heavy atom. The van der Waals surface area contributed by atoms with E-state index in [0.717, 1.165) is 24.3 Å². The summed E-state index contributed by atoms with van der Waals surface area (Å²) in [6, 6.07) is 13.7. The molecule has 0 spiro atoms. The zero-order chi connectivity index (χ0) is 35.4. The van der Waals surface area contributed by atoms with Crippen LogP contribution in [0.2, 0.25) is 0 Å². The summed E-state index contributed by atoms with van der Waals surface area (Å²) in [5.74, 6) is -6.97. The topological polar surface area (TPSA) is 67.8 Å². The Labute approximate surface area is 266 Å². The van der Waals surface area contributed by atoms with E-state index < -0.39 is 94.9 Å². The van der Waals surface area contributed by atoms with Crippen molar-refractivity contribution in [1.29, 1.82) is 0 Å². The summed E-state index contributed by atoms with van der Waals surface area (Å²) in [6.45, 7) is 0.794. The summed E-state index contributed by atoms with van der Waals surface area (Å²) < 4.78 is 148. The third-order valence-electron chi connectivity index (χ3n) is 7.05. The molecular weight excluding hydrogens is 664 g/mol. The van der Waals surface area contributed by atoms with Crippen LogP contribution in [0.3, 0.4) is 0 Å². The molecule has 2 atom stereocenters. The van der Waals surface area contributed by atoms with Gasteiger partial charge < -0.3 is 19.9 Å². The van der Waals surface area contributed by atoms with E-state index in [9.17, 15) is 49.4 Å². The normalized spacial score (nSPS) is 13.9. The lowest BCUT2D eigenvalue weighted by atomic mass is 9.77. The fourth-order valence-electron chi connectivity index (χ4n) is 4.79. The number of carbonyl (C=O) groups excluding carboxylic acids is 1. The molecule has 4 rings (SSSR count). The van der Waals surface area contributed by atoms with Crippen LogP contribution >= 0.6 is 0 Å². The summed E-state index contributed by atoms with van der Waals surface area (Å²) >= 11 is 0. The van der Waals surface area contributed by atoms with Crippen LogP contribution in [0.5, 0.6) is 11.5 Å². The Kier molecular flexibility index (Phi) is 10.6. The Hall–Kier alpha value is -4.79. The summed E-state index contributed by atoms with van der Waals surface area (Å²) in [5.41, 5.74) is -5.07. The van der Waals surface area contributed by atoms with Crippen molar-refractivity contribution in [3.8, 4) is 11.5 Å². The lowest BCUT2D eigenvalue weighted by molar-refractivity contribution is -0.253. The number of hydrogen-bond donors (Lipinski definition) is 2. The van der Waals surface area contributed by atoms with Gasteiger partial charge in [0.15, 0.2) is 11.6 Å². The molecule has 2 unspecified atom stereocenters. The summed E-state index contributed by atoms with van der Waals surface area (Å²) in [7, 11) is 0. The van der Waals surface area contributed by atoms with Gasteiger partial charge in [-0.25, -0.2) is 13.2 Å². The van der Waals surface area contributed by atoms with E-state index in [1.54, 1.807) is 18.2 Å². The van der Waals surface area contributed by atoms with Gasteiger partial charge in [0.2, 0.25) is 0 Å². The molecule has 0 aromatic heterocycles. The first-order valence-electron chi connectivity index (χ1n) is 13.9. The first kappa shape index (κ1) is 36.1. The molecular formula is C33H25F10NO4. The molecule has 15 heteroatoms. The van der Waals surface area contributed by atoms with Crippen LogP contribution in [0.1, 0.15) is 39.5 Å². The van der Waals surface area contributed by atoms with Gasteiger partial charge in [-0.05, 0) is 66.1 Å². The molecule has 0 bridgehead atoms. The van der Waals surface area contributed by atoms with Crippen LogP contribution in [0, 0.1) is 17.5 Å². The molecule has 0 saturated heterocycles. The molecule has 256 valence electrons. The van der Waals surface area contributed by atoms with Gasteiger partial charge in [-0.2, -0.15) is 30.7 Å². The minimum absolute atomic E-state index is 0.170. The van der Waals surface area contributed by atoms with Crippen molar-refractivity contribution in [2.24, 2.45) is 0 Å². The highest BCUT2D eigenvalue weighted by Gasteiger charge is 2.45. The SMILES string of the molecule is CC(CO)Oc1cc(C(Cc2ccccc2)(NC(=O)c2ccc(F)c(C(F)(F)F)c2)c2cc(F)cc(OC(F)(F)C(F)F)c2)ccc1F. The molecule has 0 fully saturated rings. The molecule has 5 nitrogen and oxygen atoms in total. The number of halogens is 10. The number of rotatable bonds is 12. The van der Waals surface area contributed by atoms with Crippen LogP contribution in [0.15, 0.2) is 84.9 Å². The molecule has 0 radical (unpaired) electrons. The standard InChI is InChI=1S/C33H25F10NO4/c1-18(17-45)47-28-14-21(8-10-27(28)36)31(16-19-5-3-2-4-6-19,22-12-23(34)15-24(13-22)48-33(42,43)30(37)38)44-29(46)20-7-9-26(35)25(11-20)32(39,40)41/h2-15,18,30,45H,16-17H2,1H3,(H,44,46). The maximum Gasteiger partial charge on any atom is 0.461 e. The van der Waals surface area contributed by atoms with Crippen molar-refractivity contribution in [2.75, 3.05) is 6.61 Å². The molecule has 0 saturated carbocycles. The highest BCUT2D eigenvalue weighted by molar-refractivity contribution is 5.95.